The minimum Gasteiger partial charge on any atom is -0.441 e. The van der Waals surface area contributed by atoms with Crippen molar-refractivity contribution in [2.45, 2.75) is 18.4 Å². The molecule has 0 aliphatic carbocycles. The lowest BCUT2D eigenvalue weighted by molar-refractivity contribution is -0.0797. The quantitative estimate of drug-likeness (QED) is 0.836. The van der Waals surface area contributed by atoms with Crippen LogP contribution in [0.1, 0.15) is 11.5 Å². The van der Waals surface area contributed by atoms with Gasteiger partial charge in [0.15, 0.2) is 11.5 Å². The molecule has 2 aromatic rings. The second-order valence-corrected chi connectivity index (χ2v) is 4.85. The fraction of sp³-hybridized carbons (Fsp3) is 0.462. The lowest BCUT2D eigenvalue weighted by atomic mass is 9.73. The standard InChI is InChI=1S/C13H16N2O3/c1-8-15-10-4-9(2-3-11(10)18-8)13(6-17-7-13)12(14)5-16/h2-4,12,16H,5-7,14H2,1H3. The van der Waals surface area contributed by atoms with E-state index in [2.05, 4.69) is 4.98 Å². The van der Waals surface area contributed by atoms with Crippen LogP contribution in [0.5, 0.6) is 0 Å². The van der Waals surface area contributed by atoms with Crippen LogP contribution < -0.4 is 5.73 Å². The normalized spacial score (nSPS) is 19.7. The number of nitrogens with zero attached hydrogens (tertiary/aromatic N) is 1. The summed E-state index contributed by atoms with van der Waals surface area (Å²) < 4.78 is 10.7. The molecule has 1 aromatic heterocycles. The molecule has 1 aliphatic rings. The van der Waals surface area contributed by atoms with Gasteiger partial charge in [0.25, 0.3) is 0 Å². The van der Waals surface area contributed by atoms with E-state index in [1.165, 1.54) is 0 Å². The highest BCUT2D eigenvalue weighted by atomic mass is 16.5. The molecule has 1 saturated heterocycles. The SMILES string of the molecule is Cc1nc2cc(C3(C(N)CO)COC3)ccc2o1. The molecular formula is C13H16N2O3. The van der Waals surface area contributed by atoms with Crippen molar-refractivity contribution in [1.29, 1.82) is 0 Å². The fourth-order valence-electron chi connectivity index (χ4n) is 2.44. The van der Waals surface area contributed by atoms with E-state index in [1.54, 1.807) is 0 Å². The third-order valence-corrected chi connectivity index (χ3v) is 3.70. The molecule has 3 rings (SSSR count). The van der Waals surface area contributed by atoms with E-state index in [-0.39, 0.29) is 18.1 Å². The number of benzene rings is 1. The number of ether oxygens (including phenoxy) is 1. The zero-order valence-electron chi connectivity index (χ0n) is 10.2. The minimum absolute atomic E-state index is 0.0563. The Morgan fingerprint density at radius 2 is 2.28 bits per heavy atom. The Morgan fingerprint density at radius 3 is 2.89 bits per heavy atom. The van der Waals surface area contributed by atoms with Gasteiger partial charge in [-0.1, -0.05) is 6.07 Å². The van der Waals surface area contributed by atoms with Gasteiger partial charge in [-0.2, -0.15) is 0 Å². The molecule has 1 atom stereocenters. The number of rotatable bonds is 3. The smallest absolute Gasteiger partial charge is 0.192 e. The van der Waals surface area contributed by atoms with Crippen molar-refractivity contribution in [1.82, 2.24) is 4.98 Å². The average Bonchev–Trinajstić information content (AvgIpc) is 2.66. The van der Waals surface area contributed by atoms with E-state index in [1.807, 2.05) is 25.1 Å². The Kier molecular flexibility index (Phi) is 2.62. The number of aryl methyl sites for hydroxylation is 1. The van der Waals surface area contributed by atoms with Crippen molar-refractivity contribution in [2.75, 3.05) is 19.8 Å². The first kappa shape index (κ1) is 11.6. The van der Waals surface area contributed by atoms with Gasteiger partial charge in [-0.3, -0.25) is 0 Å². The molecule has 0 amide bonds. The molecule has 5 heteroatoms. The van der Waals surface area contributed by atoms with Gasteiger partial charge in [0, 0.05) is 13.0 Å². The highest BCUT2D eigenvalue weighted by molar-refractivity contribution is 5.74. The number of hydrogen-bond acceptors (Lipinski definition) is 5. The van der Waals surface area contributed by atoms with Crippen molar-refractivity contribution in [2.24, 2.45) is 5.73 Å². The van der Waals surface area contributed by atoms with Crippen molar-refractivity contribution >= 4 is 11.1 Å². The van der Waals surface area contributed by atoms with Crippen LogP contribution in [0, 0.1) is 6.92 Å². The summed E-state index contributed by atoms with van der Waals surface area (Å²) in [6.07, 6.45) is 0. The Labute approximate surface area is 105 Å². The molecule has 1 unspecified atom stereocenters. The van der Waals surface area contributed by atoms with Gasteiger partial charge in [0.2, 0.25) is 0 Å². The Balaban J connectivity index is 2.07. The topological polar surface area (TPSA) is 81.5 Å². The summed E-state index contributed by atoms with van der Waals surface area (Å²) >= 11 is 0. The first-order valence-corrected chi connectivity index (χ1v) is 5.97. The number of fused-ring (bicyclic) bond motifs is 1. The molecule has 1 fully saturated rings. The molecule has 0 saturated carbocycles. The Morgan fingerprint density at radius 1 is 1.50 bits per heavy atom. The Hall–Kier alpha value is -1.43. The highest BCUT2D eigenvalue weighted by Crippen LogP contribution is 2.36. The van der Waals surface area contributed by atoms with Gasteiger partial charge in [-0.15, -0.1) is 0 Å². The largest absolute Gasteiger partial charge is 0.441 e. The van der Waals surface area contributed by atoms with Crippen molar-refractivity contribution in [3.05, 3.63) is 29.7 Å². The van der Waals surface area contributed by atoms with Gasteiger partial charge in [0.1, 0.15) is 5.52 Å². The molecule has 18 heavy (non-hydrogen) atoms. The number of aromatic nitrogens is 1. The maximum Gasteiger partial charge on any atom is 0.192 e. The first-order valence-electron chi connectivity index (χ1n) is 5.97. The zero-order chi connectivity index (χ0) is 12.8. The van der Waals surface area contributed by atoms with E-state index < -0.39 is 0 Å². The zero-order valence-corrected chi connectivity index (χ0v) is 10.2. The second-order valence-electron chi connectivity index (χ2n) is 4.85. The van der Waals surface area contributed by atoms with E-state index in [0.29, 0.717) is 19.1 Å². The summed E-state index contributed by atoms with van der Waals surface area (Å²) in [6.45, 7) is 2.84. The third kappa shape index (κ3) is 1.55. The number of nitrogens with two attached hydrogens (primary N) is 1. The molecule has 1 aliphatic heterocycles. The summed E-state index contributed by atoms with van der Waals surface area (Å²) in [6, 6.07) is 5.53. The maximum absolute atomic E-state index is 9.30. The number of hydrogen-bond donors (Lipinski definition) is 2. The first-order chi connectivity index (χ1) is 8.65. The predicted molar refractivity (Wildman–Crippen MR) is 66.3 cm³/mol. The van der Waals surface area contributed by atoms with Gasteiger partial charge < -0.3 is 20.0 Å². The van der Waals surface area contributed by atoms with Crippen molar-refractivity contribution < 1.29 is 14.3 Å². The predicted octanol–water partition coefficient (Wildman–Crippen LogP) is 0.724. The monoisotopic (exact) mass is 248 g/mol. The summed E-state index contributed by atoms with van der Waals surface area (Å²) in [7, 11) is 0. The molecule has 0 radical (unpaired) electrons. The van der Waals surface area contributed by atoms with Crippen molar-refractivity contribution in [3.8, 4) is 0 Å². The van der Waals surface area contributed by atoms with Gasteiger partial charge >= 0.3 is 0 Å². The number of oxazole rings is 1. The molecule has 0 bridgehead atoms. The Bertz CT molecular complexity index is 575. The van der Waals surface area contributed by atoms with E-state index in [9.17, 15) is 5.11 Å². The summed E-state index contributed by atoms with van der Waals surface area (Å²) in [5.41, 5.74) is 8.37. The summed E-state index contributed by atoms with van der Waals surface area (Å²) in [5, 5.41) is 9.30. The van der Waals surface area contributed by atoms with Crippen molar-refractivity contribution in [3.63, 3.8) is 0 Å². The lowest BCUT2D eigenvalue weighted by Gasteiger charge is -2.45. The van der Waals surface area contributed by atoms with E-state index >= 15 is 0 Å². The summed E-state index contributed by atoms with van der Waals surface area (Å²) in [5.74, 6) is 0.646. The summed E-state index contributed by atoms with van der Waals surface area (Å²) in [4.78, 5) is 4.32. The molecule has 3 N–H and O–H groups in total. The highest BCUT2D eigenvalue weighted by Gasteiger charge is 2.45. The van der Waals surface area contributed by atoms with Crippen LogP contribution >= 0.6 is 0 Å². The van der Waals surface area contributed by atoms with E-state index in [4.69, 9.17) is 14.9 Å². The lowest BCUT2D eigenvalue weighted by Crippen LogP contribution is -2.60. The maximum atomic E-state index is 9.30. The average molecular weight is 248 g/mol. The van der Waals surface area contributed by atoms with Gasteiger partial charge in [0.05, 0.1) is 25.2 Å². The molecule has 1 aromatic carbocycles. The van der Waals surface area contributed by atoms with Crippen LogP contribution in [-0.4, -0.2) is 36.0 Å². The molecular weight excluding hydrogens is 232 g/mol. The fourth-order valence-corrected chi connectivity index (χ4v) is 2.44. The number of aliphatic hydroxyl groups excluding tert-OH is 1. The minimum atomic E-state index is -0.323. The van der Waals surface area contributed by atoms with Crippen LogP contribution in [0.4, 0.5) is 0 Å². The van der Waals surface area contributed by atoms with Gasteiger partial charge in [-0.05, 0) is 17.7 Å². The van der Waals surface area contributed by atoms with Crippen LogP contribution in [0.25, 0.3) is 11.1 Å². The van der Waals surface area contributed by atoms with E-state index in [0.717, 1.165) is 16.7 Å². The molecule has 5 nitrogen and oxygen atoms in total. The number of aliphatic hydroxyl groups is 1. The third-order valence-electron chi connectivity index (χ3n) is 3.70. The molecule has 2 heterocycles. The van der Waals surface area contributed by atoms with Crippen LogP contribution in [-0.2, 0) is 10.2 Å². The second kappa shape index (κ2) is 4.05. The molecule has 0 spiro atoms. The van der Waals surface area contributed by atoms with Crippen LogP contribution in [0.15, 0.2) is 22.6 Å². The van der Waals surface area contributed by atoms with Crippen LogP contribution in [0.2, 0.25) is 0 Å². The van der Waals surface area contributed by atoms with Crippen LogP contribution in [0.3, 0.4) is 0 Å². The van der Waals surface area contributed by atoms with Gasteiger partial charge in [-0.25, -0.2) is 4.98 Å². The molecule has 96 valence electrons.